The van der Waals surface area contributed by atoms with Gasteiger partial charge in [-0.05, 0) is 51.4 Å². The zero-order valence-electron chi connectivity index (χ0n) is 40.1. The Labute approximate surface area is 381 Å². The van der Waals surface area contributed by atoms with Gasteiger partial charge in [0.1, 0.15) is 24.4 Å². The van der Waals surface area contributed by atoms with E-state index in [1.54, 1.807) is 0 Å². The molecule has 0 aromatic carbocycles. The number of rotatable bonds is 44. The molecule has 1 rings (SSSR count). The number of aliphatic hydroxyl groups is 5. The SMILES string of the molecule is CCCCCCC/C=C\C/C=C\C/C=C\CCCCCCCCCCCCCCCCCCCCCCC(=O)NC(COC1OC(CO)C(O)C(O)C1O)C(O)CCCCCC. The topological polar surface area (TPSA) is 149 Å². The molecule has 1 aliphatic heterocycles. The van der Waals surface area contributed by atoms with Crippen molar-refractivity contribution in [2.45, 2.75) is 281 Å². The molecule has 0 aliphatic carbocycles. The van der Waals surface area contributed by atoms with Gasteiger partial charge in [0.25, 0.3) is 0 Å². The maximum atomic E-state index is 12.9. The first-order valence-electron chi connectivity index (χ1n) is 26.2. The van der Waals surface area contributed by atoms with E-state index in [2.05, 4.69) is 55.6 Å². The molecule has 364 valence electrons. The highest BCUT2D eigenvalue weighted by Crippen LogP contribution is 2.23. The van der Waals surface area contributed by atoms with Crippen LogP contribution in [-0.2, 0) is 14.3 Å². The molecule has 7 unspecified atom stereocenters. The van der Waals surface area contributed by atoms with Crippen LogP contribution in [0.25, 0.3) is 0 Å². The zero-order valence-corrected chi connectivity index (χ0v) is 40.1. The number of hydrogen-bond donors (Lipinski definition) is 6. The third-order valence-electron chi connectivity index (χ3n) is 12.5. The Morgan fingerprint density at radius 3 is 1.40 bits per heavy atom. The lowest BCUT2D eigenvalue weighted by molar-refractivity contribution is -0.302. The van der Waals surface area contributed by atoms with Crippen LogP contribution in [0.2, 0.25) is 0 Å². The van der Waals surface area contributed by atoms with Gasteiger partial charge < -0.3 is 40.3 Å². The van der Waals surface area contributed by atoms with Gasteiger partial charge in [-0.3, -0.25) is 4.79 Å². The van der Waals surface area contributed by atoms with Gasteiger partial charge in [-0.1, -0.05) is 217 Å². The first-order chi connectivity index (χ1) is 30.3. The molecule has 9 heteroatoms. The molecule has 1 heterocycles. The number of carbonyl (C=O) groups excluding carboxylic acids is 1. The molecule has 0 aromatic heterocycles. The lowest BCUT2D eigenvalue weighted by atomic mass is 9.99. The van der Waals surface area contributed by atoms with Crippen molar-refractivity contribution in [3.05, 3.63) is 36.5 Å². The van der Waals surface area contributed by atoms with Crippen molar-refractivity contribution in [1.29, 1.82) is 0 Å². The van der Waals surface area contributed by atoms with Crippen molar-refractivity contribution >= 4 is 5.91 Å². The largest absolute Gasteiger partial charge is 0.394 e. The van der Waals surface area contributed by atoms with Crippen molar-refractivity contribution in [3.8, 4) is 0 Å². The average molecular weight is 878 g/mol. The molecule has 1 saturated heterocycles. The van der Waals surface area contributed by atoms with Gasteiger partial charge >= 0.3 is 0 Å². The van der Waals surface area contributed by atoms with Crippen molar-refractivity contribution in [3.63, 3.8) is 0 Å². The van der Waals surface area contributed by atoms with Crippen molar-refractivity contribution in [2.24, 2.45) is 0 Å². The third kappa shape index (κ3) is 33.0. The van der Waals surface area contributed by atoms with Gasteiger partial charge in [-0.2, -0.15) is 0 Å². The Kier molecular flexibility index (Phi) is 40.8. The van der Waals surface area contributed by atoms with Gasteiger partial charge in [-0.15, -0.1) is 0 Å². The number of allylic oxidation sites excluding steroid dienone is 6. The fraction of sp³-hybridized carbons (Fsp3) is 0.868. The maximum absolute atomic E-state index is 12.9. The van der Waals surface area contributed by atoms with Crippen LogP contribution in [0, 0.1) is 0 Å². The summed E-state index contributed by atoms with van der Waals surface area (Å²) in [4.78, 5) is 12.9. The van der Waals surface area contributed by atoms with Crippen LogP contribution in [-0.4, -0.2) is 87.5 Å². The monoisotopic (exact) mass is 878 g/mol. The normalized spacial score (nSPS) is 20.5. The van der Waals surface area contributed by atoms with Crippen LogP contribution in [0.3, 0.4) is 0 Å². The number of carbonyl (C=O) groups is 1. The lowest BCUT2D eigenvalue weighted by Crippen LogP contribution is -2.60. The van der Waals surface area contributed by atoms with Crippen LogP contribution in [0.1, 0.15) is 239 Å². The van der Waals surface area contributed by atoms with Crippen molar-refractivity contribution < 1.29 is 39.8 Å². The zero-order chi connectivity index (χ0) is 45.1. The molecule has 1 amide bonds. The molecule has 9 nitrogen and oxygen atoms in total. The number of hydrogen-bond acceptors (Lipinski definition) is 8. The van der Waals surface area contributed by atoms with E-state index in [1.165, 1.54) is 154 Å². The summed E-state index contributed by atoms with van der Waals surface area (Å²) in [6, 6.07) is -0.712. The van der Waals surface area contributed by atoms with E-state index in [4.69, 9.17) is 9.47 Å². The highest BCUT2D eigenvalue weighted by atomic mass is 16.7. The van der Waals surface area contributed by atoms with Crippen LogP contribution >= 0.6 is 0 Å². The quantitative estimate of drug-likeness (QED) is 0.0262. The smallest absolute Gasteiger partial charge is 0.220 e. The molecule has 62 heavy (non-hydrogen) atoms. The maximum Gasteiger partial charge on any atom is 0.220 e. The number of ether oxygens (including phenoxy) is 2. The highest BCUT2D eigenvalue weighted by molar-refractivity contribution is 5.76. The Morgan fingerprint density at radius 1 is 0.548 bits per heavy atom. The number of nitrogens with one attached hydrogen (secondary N) is 1. The predicted octanol–water partition coefficient (Wildman–Crippen LogP) is 12.0. The molecule has 0 saturated carbocycles. The van der Waals surface area contributed by atoms with Crippen LogP contribution < -0.4 is 5.32 Å². The average Bonchev–Trinajstić information content (AvgIpc) is 3.27. The summed E-state index contributed by atoms with van der Waals surface area (Å²) in [5.41, 5.74) is 0. The van der Waals surface area contributed by atoms with E-state index in [-0.39, 0.29) is 12.5 Å². The minimum atomic E-state index is -1.55. The molecule has 1 fully saturated rings. The summed E-state index contributed by atoms with van der Waals surface area (Å²) in [7, 11) is 0. The summed E-state index contributed by atoms with van der Waals surface area (Å²) in [5.74, 6) is -0.151. The molecule has 0 bridgehead atoms. The molecule has 1 aliphatic rings. The molecular formula is C53H99NO8. The fourth-order valence-electron chi connectivity index (χ4n) is 8.29. The standard InChI is InChI=1S/C53H99NO8/c1-3-5-7-9-10-11-12-13-14-15-16-17-18-19-20-21-22-23-24-25-26-27-28-29-30-31-32-33-34-35-36-37-38-39-41-43-49(57)54-46(47(56)42-40-8-6-4-2)45-61-53-52(60)51(59)50(58)48(44-55)62-53/h12-13,15-16,18-19,46-48,50-53,55-56,58-60H,3-11,14,17,20-45H2,1-2H3,(H,54,57)/b13-12-,16-15-,19-18-. The van der Waals surface area contributed by atoms with E-state index < -0.39 is 49.5 Å². The van der Waals surface area contributed by atoms with E-state index in [0.717, 1.165) is 57.8 Å². The first-order valence-corrected chi connectivity index (χ1v) is 26.2. The molecule has 0 radical (unpaired) electrons. The summed E-state index contributed by atoms with van der Waals surface area (Å²) in [5, 5.41) is 53.8. The Balaban J connectivity index is 1.96. The lowest BCUT2D eigenvalue weighted by Gasteiger charge is -2.40. The molecule has 0 spiro atoms. The van der Waals surface area contributed by atoms with Crippen LogP contribution in [0.15, 0.2) is 36.5 Å². The predicted molar refractivity (Wildman–Crippen MR) is 258 cm³/mol. The molecular weight excluding hydrogens is 779 g/mol. The Morgan fingerprint density at radius 2 is 0.952 bits per heavy atom. The van der Waals surface area contributed by atoms with Crippen LogP contribution in [0.5, 0.6) is 0 Å². The Bertz CT molecular complexity index is 1070. The van der Waals surface area contributed by atoms with E-state index >= 15 is 0 Å². The van der Waals surface area contributed by atoms with Crippen molar-refractivity contribution in [2.75, 3.05) is 13.2 Å². The van der Waals surface area contributed by atoms with E-state index in [9.17, 15) is 30.3 Å². The van der Waals surface area contributed by atoms with Gasteiger partial charge in [-0.25, -0.2) is 0 Å². The first kappa shape index (κ1) is 58.4. The molecule has 7 atom stereocenters. The van der Waals surface area contributed by atoms with Crippen molar-refractivity contribution in [1.82, 2.24) is 5.32 Å². The number of aliphatic hydroxyl groups excluding tert-OH is 5. The Hall–Kier alpha value is -1.59. The van der Waals surface area contributed by atoms with Gasteiger partial charge in [0.2, 0.25) is 5.91 Å². The van der Waals surface area contributed by atoms with Gasteiger partial charge in [0.05, 0.1) is 25.4 Å². The number of amides is 1. The summed E-state index contributed by atoms with van der Waals surface area (Å²) in [6.07, 6.45) is 48.4. The van der Waals surface area contributed by atoms with E-state index in [1.807, 2.05) is 0 Å². The van der Waals surface area contributed by atoms with Gasteiger partial charge in [0, 0.05) is 6.42 Å². The second kappa shape index (κ2) is 43.3. The highest BCUT2D eigenvalue weighted by Gasteiger charge is 2.44. The molecule has 0 aromatic rings. The number of unbranched alkanes of at least 4 members (excludes halogenated alkanes) is 28. The second-order valence-corrected chi connectivity index (χ2v) is 18.3. The molecule has 6 N–H and O–H groups in total. The third-order valence-corrected chi connectivity index (χ3v) is 12.5. The minimum absolute atomic E-state index is 0.139. The summed E-state index contributed by atoms with van der Waals surface area (Å²) >= 11 is 0. The van der Waals surface area contributed by atoms with Gasteiger partial charge in [0.15, 0.2) is 6.29 Å². The van der Waals surface area contributed by atoms with Crippen LogP contribution in [0.4, 0.5) is 0 Å². The van der Waals surface area contributed by atoms with E-state index in [0.29, 0.717) is 12.8 Å². The fourth-order valence-corrected chi connectivity index (χ4v) is 8.29. The summed E-state index contributed by atoms with van der Waals surface area (Å²) < 4.78 is 11.1. The summed E-state index contributed by atoms with van der Waals surface area (Å²) in [6.45, 7) is 3.70. The second-order valence-electron chi connectivity index (χ2n) is 18.3. The minimum Gasteiger partial charge on any atom is -0.394 e.